The average Bonchev–Trinajstić information content (AvgIpc) is 3.39. The molecule has 0 saturated heterocycles. The van der Waals surface area contributed by atoms with Crippen LogP contribution in [0.1, 0.15) is 0 Å². The Morgan fingerprint density at radius 3 is 2.14 bits per heavy atom. The third-order valence-corrected chi connectivity index (χ3v) is 4.88. The lowest BCUT2D eigenvalue weighted by Crippen LogP contribution is -2.01. The molecule has 0 aliphatic rings. The fourth-order valence-corrected chi connectivity index (χ4v) is 3.51. The summed E-state index contributed by atoms with van der Waals surface area (Å²) in [7, 11) is 0. The van der Waals surface area contributed by atoms with E-state index >= 15 is 0 Å². The van der Waals surface area contributed by atoms with Crippen LogP contribution < -0.4 is 0 Å². The van der Waals surface area contributed by atoms with Gasteiger partial charge in [0.05, 0.1) is 17.1 Å². The summed E-state index contributed by atoms with van der Waals surface area (Å²) in [5, 5.41) is 12.2. The summed E-state index contributed by atoms with van der Waals surface area (Å²) >= 11 is 5.48. The van der Waals surface area contributed by atoms with Crippen LogP contribution in [0.4, 0.5) is 0 Å². The lowest BCUT2D eigenvalue weighted by Gasteiger charge is -2.07. The summed E-state index contributed by atoms with van der Waals surface area (Å²) in [5.74, 6) is 0.659. The molecule has 0 atom stereocenters. The minimum absolute atomic E-state index is 0.519. The molecule has 0 radical (unpaired) electrons. The number of para-hydroxylation sites is 2. The third kappa shape index (κ3) is 3.17. The molecule has 0 aliphatic heterocycles. The molecule has 7 heteroatoms. The first kappa shape index (κ1) is 17.3. The van der Waals surface area contributed by atoms with Crippen molar-refractivity contribution in [2.24, 2.45) is 0 Å². The lowest BCUT2D eigenvalue weighted by molar-refractivity contribution is 0.882. The second-order valence-electron chi connectivity index (χ2n) is 6.42. The topological polar surface area (TPSA) is 64.3 Å². The van der Waals surface area contributed by atoms with Crippen LogP contribution >= 0.6 is 12.2 Å². The van der Waals surface area contributed by atoms with Gasteiger partial charge in [-0.2, -0.15) is 10.2 Å². The normalized spacial score (nSPS) is 10.9. The second-order valence-corrected chi connectivity index (χ2v) is 6.81. The van der Waals surface area contributed by atoms with Gasteiger partial charge in [-0.15, -0.1) is 0 Å². The van der Waals surface area contributed by atoms with Crippen molar-refractivity contribution < 1.29 is 0 Å². The Bertz CT molecular complexity index is 1250. The lowest BCUT2D eigenvalue weighted by atomic mass is 10.2. The van der Waals surface area contributed by atoms with Gasteiger partial charge in [-0.3, -0.25) is 14.6 Å². The van der Waals surface area contributed by atoms with Crippen molar-refractivity contribution >= 4 is 12.2 Å². The van der Waals surface area contributed by atoms with Gasteiger partial charge in [0.15, 0.2) is 10.6 Å². The Hall–Kier alpha value is -3.84. The number of pyridine rings is 1. The van der Waals surface area contributed by atoms with Crippen LogP contribution in [0.25, 0.3) is 34.2 Å². The number of benzene rings is 2. The van der Waals surface area contributed by atoms with E-state index in [1.54, 1.807) is 12.4 Å². The molecule has 0 amide bonds. The smallest absolute Gasteiger partial charge is 0.200 e. The molecule has 140 valence electrons. The molecule has 3 aromatic heterocycles. The van der Waals surface area contributed by atoms with E-state index in [9.17, 15) is 0 Å². The van der Waals surface area contributed by atoms with Crippen molar-refractivity contribution in [2.75, 3.05) is 0 Å². The summed E-state index contributed by atoms with van der Waals surface area (Å²) in [4.78, 5) is 4.13. The van der Waals surface area contributed by atoms with Crippen LogP contribution in [0.2, 0.25) is 0 Å². The highest BCUT2D eigenvalue weighted by molar-refractivity contribution is 7.71. The molecule has 3 heterocycles. The quantitative estimate of drug-likeness (QED) is 0.441. The van der Waals surface area contributed by atoms with Crippen molar-refractivity contribution in [2.45, 2.75) is 0 Å². The van der Waals surface area contributed by atoms with Crippen LogP contribution in [0.5, 0.6) is 0 Å². The Morgan fingerprint density at radius 1 is 0.793 bits per heavy atom. The van der Waals surface area contributed by atoms with Gasteiger partial charge in [-0.05, 0) is 54.7 Å². The van der Waals surface area contributed by atoms with Gasteiger partial charge in [0.2, 0.25) is 0 Å². The number of aromatic amines is 1. The molecule has 6 nitrogen and oxygen atoms in total. The standard InChI is InChI=1S/C22H16N6S/c29-22-25-24-21(27(22)17-7-3-1-4-8-17)19-15-20(16-11-13-23-14-12-16)28(26-19)18-9-5-2-6-10-18/h1-15H,(H,25,29). The number of hydrogen-bond acceptors (Lipinski definition) is 4. The Kier molecular flexibility index (Phi) is 4.34. The van der Waals surface area contributed by atoms with E-state index in [0.29, 0.717) is 10.6 Å². The first-order valence-corrected chi connectivity index (χ1v) is 9.51. The molecule has 5 aromatic rings. The molecule has 29 heavy (non-hydrogen) atoms. The van der Waals surface area contributed by atoms with Gasteiger partial charge in [0, 0.05) is 18.0 Å². The zero-order valence-electron chi connectivity index (χ0n) is 15.3. The van der Waals surface area contributed by atoms with Gasteiger partial charge in [0.1, 0.15) is 5.69 Å². The van der Waals surface area contributed by atoms with Gasteiger partial charge in [0.25, 0.3) is 0 Å². The van der Waals surface area contributed by atoms with E-state index in [2.05, 4.69) is 15.2 Å². The average molecular weight is 396 g/mol. The van der Waals surface area contributed by atoms with E-state index in [-0.39, 0.29) is 0 Å². The monoisotopic (exact) mass is 396 g/mol. The molecule has 0 fully saturated rings. The number of nitrogens with zero attached hydrogens (tertiary/aromatic N) is 5. The van der Waals surface area contributed by atoms with Gasteiger partial charge in [-0.1, -0.05) is 36.4 Å². The van der Waals surface area contributed by atoms with Crippen molar-refractivity contribution in [3.63, 3.8) is 0 Å². The Morgan fingerprint density at radius 2 is 1.45 bits per heavy atom. The van der Waals surface area contributed by atoms with E-state index in [0.717, 1.165) is 28.3 Å². The van der Waals surface area contributed by atoms with Crippen LogP contribution in [-0.4, -0.2) is 29.5 Å². The summed E-state index contributed by atoms with van der Waals surface area (Å²) in [5.41, 5.74) is 4.58. The first-order valence-electron chi connectivity index (χ1n) is 9.10. The molecular weight excluding hydrogens is 380 g/mol. The molecule has 1 N–H and O–H groups in total. The number of H-pyrrole nitrogens is 1. The zero-order chi connectivity index (χ0) is 19.6. The molecule has 0 aliphatic carbocycles. The fourth-order valence-electron chi connectivity index (χ4n) is 3.27. The maximum Gasteiger partial charge on any atom is 0.200 e. The summed E-state index contributed by atoms with van der Waals surface area (Å²) in [6.45, 7) is 0. The van der Waals surface area contributed by atoms with Crippen LogP contribution in [-0.2, 0) is 0 Å². The zero-order valence-corrected chi connectivity index (χ0v) is 16.1. The first-order chi connectivity index (χ1) is 14.3. The van der Waals surface area contributed by atoms with E-state index in [1.807, 2.05) is 88.1 Å². The third-order valence-electron chi connectivity index (χ3n) is 4.60. The summed E-state index contributed by atoms with van der Waals surface area (Å²) in [6, 6.07) is 25.9. The highest BCUT2D eigenvalue weighted by atomic mass is 32.1. The predicted octanol–water partition coefficient (Wildman–Crippen LogP) is 4.84. The second kappa shape index (κ2) is 7.29. The van der Waals surface area contributed by atoms with Crippen LogP contribution in [0.3, 0.4) is 0 Å². The number of rotatable bonds is 4. The minimum Gasteiger partial charge on any atom is -0.267 e. The van der Waals surface area contributed by atoms with Crippen molar-refractivity contribution in [1.82, 2.24) is 29.5 Å². The van der Waals surface area contributed by atoms with E-state index in [1.165, 1.54) is 0 Å². The summed E-state index contributed by atoms with van der Waals surface area (Å²) < 4.78 is 4.33. The van der Waals surface area contributed by atoms with Crippen LogP contribution in [0.15, 0.2) is 91.3 Å². The maximum atomic E-state index is 5.48. The minimum atomic E-state index is 0.519. The number of nitrogens with one attached hydrogen (secondary N) is 1. The van der Waals surface area contributed by atoms with Gasteiger partial charge >= 0.3 is 0 Å². The Balaban J connectivity index is 1.73. The number of hydrogen-bond donors (Lipinski definition) is 1. The highest BCUT2D eigenvalue weighted by Gasteiger charge is 2.18. The largest absolute Gasteiger partial charge is 0.267 e. The van der Waals surface area contributed by atoms with Crippen molar-refractivity contribution in [3.05, 3.63) is 96.0 Å². The number of aromatic nitrogens is 6. The SMILES string of the molecule is S=c1[nH]nc(-c2cc(-c3ccncc3)n(-c3ccccc3)n2)n1-c1ccccc1. The molecule has 2 aromatic carbocycles. The van der Waals surface area contributed by atoms with Crippen LogP contribution in [0, 0.1) is 4.77 Å². The Labute approximate surface area is 172 Å². The molecule has 0 spiro atoms. The molecule has 5 rings (SSSR count). The molecule has 0 unspecified atom stereocenters. The van der Waals surface area contributed by atoms with E-state index < -0.39 is 0 Å². The van der Waals surface area contributed by atoms with Gasteiger partial charge < -0.3 is 0 Å². The molecule has 0 bridgehead atoms. The van der Waals surface area contributed by atoms with Crippen molar-refractivity contribution in [1.29, 1.82) is 0 Å². The predicted molar refractivity (Wildman–Crippen MR) is 115 cm³/mol. The molecule has 0 saturated carbocycles. The van der Waals surface area contributed by atoms with Crippen molar-refractivity contribution in [3.8, 4) is 34.2 Å². The van der Waals surface area contributed by atoms with Gasteiger partial charge in [-0.25, -0.2) is 4.68 Å². The summed E-state index contributed by atoms with van der Waals surface area (Å²) in [6.07, 6.45) is 3.55. The maximum absolute atomic E-state index is 5.48. The highest BCUT2D eigenvalue weighted by Crippen LogP contribution is 2.28. The fraction of sp³-hybridized carbons (Fsp3) is 0. The molecular formula is C22H16N6S. The van der Waals surface area contributed by atoms with E-state index in [4.69, 9.17) is 17.3 Å².